The standard InChI is InChI=1S/C19H23FN2O4S/c1-13-15(14(2)26-21-13)7-8-19(23)22-10-9-18(27(24,25)12-11-22)16-5-3-4-6-17(16)20/h3-6,18H,7-12H2,1-2H3/t18-/m0/s1. The predicted octanol–water partition coefficient (Wildman–Crippen LogP) is 2.75. The van der Waals surface area contributed by atoms with Crippen LogP contribution >= 0.6 is 0 Å². The highest BCUT2D eigenvalue weighted by molar-refractivity contribution is 7.91. The van der Waals surface area contributed by atoms with Crippen molar-refractivity contribution in [3.8, 4) is 0 Å². The quantitative estimate of drug-likeness (QED) is 0.797. The van der Waals surface area contributed by atoms with Crippen molar-refractivity contribution in [2.75, 3.05) is 18.8 Å². The van der Waals surface area contributed by atoms with Crippen molar-refractivity contribution in [1.82, 2.24) is 10.1 Å². The van der Waals surface area contributed by atoms with Crippen LogP contribution in [0, 0.1) is 19.7 Å². The molecule has 146 valence electrons. The summed E-state index contributed by atoms with van der Waals surface area (Å²) in [7, 11) is -3.53. The lowest BCUT2D eigenvalue weighted by atomic mass is 10.1. The minimum absolute atomic E-state index is 0.112. The number of carbonyl (C=O) groups is 1. The smallest absolute Gasteiger partial charge is 0.222 e. The van der Waals surface area contributed by atoms with Crippen molar-refractivity contribution in [3.63, 3.8) is 0 Å². The molecule has 2 aromatic rings. The Labute approximate surface area is 158 Å². The minimum Gasteiger partial charge on any atom is -0.361 e. The zero-order valence-electron chi connectivity index (χ0n) is 15.4. The molecule has 1 aromatic carbocycles. The Morgan fingerprint density at radius 3 is 2.70 bits per heavy atom. The van der Waals surface area contributed by atoms with E-state index in [9.17, 15) is 17.6 Å². The molecule has 3 rings (SSSR count). The summed E-state index contributed by atoms with van der Waals surface area (Å²) in [5.74, 6) is -0.106. The van der Waals surface area contributed by atoms with Crippen molar-refractivity contribution >= 4 is 15.7 Å². The molecule has 27 heavy (non-hydrogen) atoms. The number of amides is 1. The number of hydrogen-bond donors (Lipinski definition) is 0. The molecule has 0 radical (unpaired) electrons. The number of halogens is 1. The summed E-state index contributed by atoms with van der Waals surface area (Å²) in [6.07, 6.45) is 0.952. The third-order valence-corrected chi connectivity index (χ3v) is 7.22. The molecule has 0 saturated carbocycles. The molecule has 0 spiro atoms. The molecule has 8 heteroatoms. The van der Waals surface area contributed by atoms with Gasteiger partial charge in [-0.15, -0.1) is 0 Å². The number of benzene rings is 1. The molecule has 0 bridgehead atoms. The van der Waals surface area contributed by atoms with E-state index in [1.54, 1.807) is 17.9 Å². The number of aryl methyl sites for hydroxylation is 2. The van der Waals surface area contributed by atoms with Crippen LogP contribution in [0.1, 0.15) is 40.7 Å². The van der Waals surface area contributed by atoms with E-state index >= 15 is 0 Å². The maximum Gasteiger partial charge on any atom is 0.222 e. The summed E-state index contributed by atoms with van der Waals surface area (Å²) in [4.78, 5) is 14.2. The van der Waals surface area contributed by atoms with Gasteiger partial charge in [0, 0.05) is 30.6 Å². The Morgan fingerprint density at radius 1 is 1.30 bits per heavy atom. The van der Waals surface area contributed by atoms with Crippen LogP contribution in [-0.4, -0.2) is 43.2 Å². The fourth-order valence-electron chi connectivity index (χ4n) is 3.53. The highest BCUT2D eigenvalue weighted by Crippen LogP contribution is 2.31. The lowest BCUT2D eigenvalue weighted by Crippen LogP contribution is -2.33. The molecule has 1 aliphatic rings. The summed E-state index contributed by atoms with van der Waals surface area (Å²) in [6, 6.07) is 5.94. The van der Waals surface area contributed by atoms with Crippen LogP contribution in [0.2, 0.25) is 0 Å². The van der Waals surface area contributed by atoms with Crippen LogP contribution in [-0.2, 0) is 21.1 Å². The van der Waals surface area contributed by atoms with Crippen LogP contribution < -0.4 is 0 Å². The van der Waals surface area contributed by atoms with Gasteiger partial charge >= 0.3 is 0 Å². The molecule has 0 aliphatic carbocycles. The first-order valence-corrected chi connectivity index (χ1v) is 10.7. The zero-order valence-corrected chi connectivity index (χ0v) is 16.3. The molecule has 1 aliphatic heterocycles. The summed E-state index contributed by atoms with van der Waals surface area (Å²) in [5.41, 5.74) is 1.86. The van der Waals surface area contributed by atoms with Crippen LogP contribution in [0.15, 0.2) is 28.8 Å². The van der Waals surface area contributed by atoms with Gasteiger partial charge in [0.05, 0.1) is 16.7 Å². The molecule has 1 fully saturated rings. The summed E-state index contributed by atoms with van der Waals surface area (Å²) in [6.45, 7) is 4.05. The molecule has 0 unspecified atom stereocenters. The lowest BCUT2D eigenvalue weighted by Gasteiger charge is -2.20. The van der Waals surface area contributed by atoms with Gasteiger partial charge in [-0.05, 0) is 32.8 Å². The Bertz CT molecular complexity index is 919. The number of carbonyl (C=O) groups excluding carboxylic acids is 1. The largest absolute Gasteiger partial charge is 0.361 e. The average molecular weight is 394 g/mol. The minimum atomic E-state index is -3.53. The molecule has 2 heterocycles. The van der Waals surface area contributed by atoms with Gasteiger partial charge < -0.3 is 9.42 Å². The van der Waals surface area contributed by atoms with E-state index in [1.807, 2.05) is 6.92 Å². The normalized spacial score (nSPS) is 19.7. The lowest BCUT2D eigenvalue weighted by molar-refractivity contribution is -0.130. The van der Waals surface area contributed by atoms with E-state index < -0.39 is 20.9 Å². The number of nitrogens with zero attached hydrogens (tertiary/aromatic N) is 2. The molecular formula is C19H23FN2O4S. The predicted molar refractivity (Wildman–Crippen MR) is 98.4 cm³/mol. The Kier molecular flexibility index (Phi) is 5.64. The second-order valence-corrected chi connectivity index (χ2v) is 9.15. The molecule has 1 atom stereocenters. The average Bonchev–Trinajstić information content (AvgIpc) is 2.85. The fourth-order valence-corrected chi connectivity index (χ4v) is 5.33. The van der Waals surface area contributed by atoms with Crippen molar-refractivity contribution in [2.24, 2.45) is 0 Å². The van der Waals surface area contributed by atoms with Crippen molar-refractivity contribution in [3.05, 3.63) is 52.7 Å². The summed E-state index contributed by atoms with van der Waals surface area (Å²) < 4.78 is 44.5. The number of hydrogen-bond acceptors (Lipinski definition) is 5. The van der Waals surface area contributed by atoms with Gasteiger partial charge in [-0.3, -0.25) is 4.79 Å². The number of rotatable bonds is 4. The van der Waals surface area contributed by atoms with Crippen molar-refractivity contribution in [1.29, 1.82) is 0 Å². The monoisotopic (exact) mass is 394 g/mol. The van der Waals surface area contributed by atoms with E-state index in [0.29, 0.717) is 18.7 Å². The van der Waals surface area contributed by atoms with E-state index in [0.717, 1.165) is 11.3 Å². The van der Waals surface area contributed by atoms with Crippen LogP contribution in [0.5, 0.6) is 0 Å². The molecular weight excluding hydrogens is 371 g/mol. The summed E-state index contributed by atoms with van der Waals surface area (Å²) in [5, 5.41) is 2.96. The highest BCUT2D eigenvalue weighted by atomic mass is 32.2. The van der Waals surface area contributed by atoms with Gasteiger partial charge in [0.1, 0.15) is 11.6 Å². The third kappa shape index (κ3) is 4.21. The van der Waals surface area contributed by atoms with Crippen LogP contribution in [0.4, 0.5) is 4.39 Å². The van der Waals surface area contributed by atoms with E-state index in [-0.39, 0.29) is 36.6 Å². The topological polar surface area (TPSA) is 80.5 Å². The summed E-state index contributed by atoms with van der Waals surface area (Å²) >= 11 is 0. The molecule has 6 nitrogen and oxygen atoms in total. The first-order chi connectivity index (χ1) is 12.8. The van der Waals surface area contributed by atoms with E-state index in [4.69, 9.17) is 4.52 Å². The first kappa shape index (κ1) is 19.5. The highest BCUT2D eigenvalue weighted by Gasteiger charge is 2.34. The number of sulfone groups is 1. The van der Waals surface area contributed by atoms with Gasteiger partial charge in [0.25, 0.3) is 0 Å². The molecule has 0 N–H and O–H groups in total. The second kappa shape index (κ2) is 7.80. The molecule has 1 saturated heterocycles. The van der Waals surface area contributed by atoms with Gasteiger partial charge in [-0.25, -0.2) is 12.8 Å². The Morgan fingerprint density at radius 2 is 2.04 bits per heavy atom. The van der Waals surface area contributed by atoms with E-state index in [1.165, 1.54) is 18.2 Å². The van der Waals surface area contributed by atoms with Crippen molar-refractivity contribution in [2.45, 2.75) is 38.4 Å². The fraction of sp³-hybridized carbons (Fsp3) is 0.474. The van der Waals surface area contributed by atoms with Crippen LogP contribution in [0.25, 0.3) is 0 Å². The second-order valence-electron chi connectivity index (χ2n) is 6.85. The van der Waals surface area contributed by atoms with E-state index in [2.05, 4.69) is 5.16 Å². The first-order valence-electron chi connectivity index (χ1n) is 8.95. The SMILES string of the molecule is Cc1noc(C)c1CCC(=O)N1CC[C@@H](c2ccccc2F)S(=O)(=O)CC1. The Hall–Kier alpha value is -2.22. The zero-order chi connectivity index (χ0) is 19.6. The van der Waals surface area contributed by atoms with Gasteiger partial charge in [0.15, 0.2) is 9.84 Å². The van der Waals surface area contributed by atoms with Gasteiger partial charge in [-0.2, -0.15) is 0 Å². The molecule has 1 amide bonds. The third-order valence-electron chi connectivity index (χ3n) is 5.12. The van der Waals surface area contributed by atoms with Gasteiger partial charge in [0.2, 0.25) is 5.91 Å². The Balaban J connectivity index is 1.70. The number of aromatic nitrogens is 1. The van der Waals surface area contributed by atoms with Crippen molar-refractivity contribution < 1.29 is 22.1 Å². The maximum atomic E-state index is 14.1. The van der Waals surface area contributed by atoms with Gasteiger partial charge in [-0.1, -0.05) is 23.4 Å². The molecule has 1 aromatic heterocycles. The van der Waals surface area contributed by atoms with Crippen LogP contribution in [0.3, 0.4) is 0 Å². The maximum absolute atomic E-state index is 14.1.